The van der Waals surface area contributed by atoms with E-state index in [2.05, 4.69) is 5.32 Å². The fraction of sp³-hybridized carbons (Fsp3) is 0.241. The fourth-order valence-corrected chi connectivity index (χ4v) is 4.54. The fourth-order valence-electron chi connectivity index (χ4n) is 4.54. The van der Waals surface area contributed by atoms with Gasteiger partial charge in [-0.15, -0.1) is 0 Å². The quantitative estimate of drug-likeness (QED) is 0.351. The summed E-state index contributed by atoms with van der Waals surface area (Å²) in [5, 5.41) is 3.51. The molecule has 37 heavy (non-hydrogen) atoms. The summed E-state index contributed by atoms with van der Waals surface area (Å²) in [4.78, 5) is 26.8. The summed E-state index contributed by atoms with van der Waals surface area (Å²) in [7, 11) is 3.12. The lowest BCUT2D eigenvalue weighted by atomic mass is 9.88. The van der Waals surface area contributed by atoms with E-state index in [1.807, 2.05) is 26.0 Å². The van der Waals surface area contributed by atoms with Crippen molar-refractivity contribution in [1.82, 2.24) is 0 Å². The Morgan fingerprint density at radius 3 is 2.41 bits per heavy atom. The zero-order chi connectivity index (χ0) is 26.1. The number of carbonyl (C=O) groups excluding carboxylic acids is 1. The van der Waals surface area contributed by atoms with E-state index in [1.54, 1.807) is 68.8 Å². The second-order valence-electron chi connectivity index (χ2n) is 8.94. The summed E-state index contributed by atoms with van der Waals surface area (Å²) >= 11 is 0. The zero-order valence-corrected chi connectivity index (χ0v) is 20.9. The summed E-state index contributed by atoms with van der Waals surface area (Å²) in [6, 6.07) is 19.4. The molecule has 0 radical (unpaired) electrons. The van der Waals surface area contributed by atoms with Crippen LogP contribution in [0.2, 0.25) is 0 Å². The Hall–Kier alpha value is -4.46. The highest BCUT2D eigenvalue weighted by Crippen LogP contribution is 2.46. The molecule has 1 aliphatic heterocycles. The smallest absolute Gasteiger partial charge is 0.344 e. The van der Waals surface area contributed by atoms with Crippen LogP contribution < -0.4 is 29.9 Å². The predicted octanol–water partition coefficient (Wildman–Crippen LogP) is 5.13. The Bertz CT molecular complexity index is 1510. The number of methoxy groups -OCH3 is 2. The molecule has 190 valence electrons. The van der Waals surface area contributed by atoms with Crippen LogP contribution in [0.15, 0.2) is 75.9 Å². The van der Waals surface area contributed by atoms with Crippen LogP contribution in [0.5, 0.6) is 23.0 Å². The van der Waals surface area contributed by atoms with Gasteiger partial charge in [-0.05, 0) is 67.9 Å². The second kappa shape index (κ2) is 9.89. The number of amides is 1. The van der Waals surface area contributed by atoms with E-state index >= 15 is 0 Å². The first kappa shape index (κ1) is 24.2. The van der Waals surface area contributed by atoms with Gasteiger partial charge in [0.15, 0.2) is 17.6 Å². The van der Waals surface area contributed by atoms with E-state index in [0.29, 0.717) is 45.2 Å². The van der Waals surface area contributed by atoms with Crippen LogP contribution in [0, 0.1) is 0 Å². The lowest BCUT2D eigenvalue weighted by Crippen LogP contribution is -2.35. The van der Waals surface area contributed by atoms with Gasteiger partial charge < -0.3 is 28.7 Å². The molecule has 0 unspecified atom stereocenters. The molecule has 1 amide bonds. The van der Waals surface area contributed by atoms with Crippen LogP contribution in [0.4, 0.5) is 5.69 Å². The van der Waals surface area contributed by atoms with E-state index in [4.69, 9.17) is 23.4 Å². The van der Waals surface area contributed by atoms with Crippen molar-refractivity contribution in [2.24, 2.45) is 0 Å². The molecular formula is C29H27NO7. The summed E-state index contributed by atoms with van der Waals surface area (Å²) in [5.41, 5.74) is 1.34. The molecule has 2 heterocycles. The lowest BCUT2D eigenvalue weighted by Gasteiger charge is -2.20. The van der Waals surface area contributed by atoms with Crippen molar-refractivity contribution in [2.75, 3.05) is 19.5 Å². The van der Waals surface area contributed by atoms with Gasteiger partial charge in [-0.3, -0.25) is 4.79 Å². The highest BCUT2D eigenvalue weighted by molar-refractivity contribution is 5.97. The van der Waals surface area contributed by atoms with Gasteiger partial charge in [-0.1, -0.05) is 18.2 Å². The maximum atomic E-state index is 13.6. The molecular weight excluding hydrogens is 474 g/mol. The molecule has 0 saturated carbocycles. The van der Waals surface area contributed by atoms with Crippen LogP contribution in [0.3, 0.4) is 0 Å². The van der Waals surface area contributed by atoms with E-state index in [1.165, 1.54) is 0 Å². The Balaban J connectivity index is 1.60. The number of fused-ring (bicyclic) bond motifs is 3. The number of carbonyl (C=O) groups is 1. The van der Waals surface area contributed by atoms with Crippen molar-refractivity contribution in [2.45, 2.75) is 32.0 Å². The third-order valence-corrected chi connectivity index (χ3v) is 6.18. The van der Waals surface area contributed by atoms with Gasteiger partial charge in [0.1, 0.15) is 17.1 Å². The number of ether oxygens (including phenoxy) is 4. The largest absolute Gasteiger partial charge is 0.497 e. The Morgan fingerprint density at radius 2 is 1.70 bits per heavy atom. The highest BCUT2D eigenvalue weighted by Gasteiger charge is 2.44. The van der Waals surface area contributed by atoms with Crippen LogP contribution in [-0.4, -0.2) is 32.3 Å². The molecule has 3 aromatic carbocycles. The molecule has 4 aromatic rings. The molecule has 1 aromatic heterocycles. The predicted molar refractivity (Wildman–Crippen MR) is 139 cm³/mol. The van der Waals surface area contributed by atoms with Crippen LogP contribution >= 0.6 is 0 Å². The first-order chi connectivity index (χ1) is 17.9. The van der Waals surface area contributed by atoms with Crippen LogP contribution in [-0.2, 0) is 4.79 Å². The first-order valence-electron chi connectivity index (χ1n) is 11.9. The van der Waals surface area contributed by atoms with Crippen molar-refractivity contribution in [1.29, 1.82) is 0 Å². The van der Waals surface area contributed by atoms with Crippen molar-refractivity contribution < 1.29 is 28.2 Å². The number of benzene rings is 3. The Labute approximate surface area is 213 Å². The van der Waals surface area contributed by atoms with Gasteiger partial charge in [-0.2, -0.15) is 0 Å². The molecule has 5 rings (SSSR count). The minimum absolute atomic E-state index is 0.0586. The third kappa shape index (κ3) is 4.58. The Kier molecular flexibility index (Phi) is 6.48. The summed E-state index contributed by atoms with van der Waals surface area (Å²) in [5.74, 6) is 0.908. The minimum Gasteiger partial charge on any atom is -0.497 e. The normalized spacial score (nSPS) is 16.2. The van der Waals surface area contributed by atoms with Crippen molar-refractivity contribution in [3.8, 4) is 23.0 Å². The molecule has 0 bridgehead atoms. The van der Waals surface area contributed by atoms with Gasteiger partial charge in [0.25, 0.3) is 5.91 Å². The molecule has 0 fully saturated rings. The summed E-state index contributed by atoms with van der Waals surface area (Å²) in [6.07, 6.45) is -1.09. The maximum Gasteiger partial charge on any atom is 0.344 e. The van der Waals surface area contributed by atoms with Crippen LogP contribution in [0.1, 0.15) is 30.9 Å². The van der Waals surface area contributed by atoms with Crippen molar-refractivity contribution in [3.63, 3.8) is 0 Å². The van der Waals surface area contributed by atoms with Crippen molar-refractivity contribution >= 4 is 22.6 Å². The lowest BCUT2D eigenvalue weighted by molar-refractivity contribution is -0.122. The topological polar surface area (TPSA) is 96.2 Å². The molecule has 1 N–H and O–H groups in total. The Morgan fingerprint density at radius 1 is 0.946 bits per heavy atom. The molecule has 0 aliphatic carbocycles. The SMILES string of the molecule is COc1ccc(NC(=O)[C@@H]2Oc3c(c(=O)oc4ccccc34)[C@H]2c2ccc(OC(C)C)c(OC)c2)cc1. The number of rotatable bonds is 7. The highest BCUT2D eigenvalue weighted by atomic mass is 16.5. The third-order valence-electron chi connectivity index (χ3n) is 6.18. The first-order valence-corrected chi connectivity index (χ1v) is 11.9. The number of nitrogens with one attached hydrogen (secondary N) is 1. The minimum atomic E-state index is -1.03. The molecule has 1 aliphatic rings. The van der Waals surface area contributed by atoms with Gasteiger partial charge in [0.05, 0.1) is 37.2 Å². The van der Waals surface area contributed by atoms with E-state index in [-0.39, 0.29) is 11.7 Å². The zero-order valence-electron chi connectivity index (χ0n) is 20.9. The summed E-state index contributed by atoms with van der Waals surface area (Å²) < 4.78 is 28.5. The van der Waals surface area contributed by atoms with E-state index in [0.717, 1.165) is 0 Å². The molecule has 8 heteroatoms. The van der Waals surface area contributed by atoms with E-state index < -0.39 is 23.6 Å². The van der Waals surface area contributed by atoms with E-state index in [9.17, 15) is 9.59 Å². The monoisotopic (exact) mass is 501 g/mol. The van der Waals surface area contributed by atoms with Crippen molar-refractivity contribution in [3.05, 3.63) is 88.3 Å². The maximum absolute atomic E-state index is 13.6. The van der Waals surface area contributed by atoms with Crippen LogP contribution in [0.25, 0.3) is 11.0 Å². The number of anilines is 1. The molecule has 0 spiro atoms. The second-order valence-corrected chi connectivity index (χ2v) is 8.94. The van der Waals surface area contributed by atoms with Gasteiger partial charge in [0, 0.05) is 5.69 Å². The van der Waals surface area contributed by atoms with Gasteiger partial charge >= 0.3 is 5.63 Å². The summed E-state index contributed by atoms with van der Waals surface area (Å²) in [6.45, 7) is 3.84. The standard InChI is InChI=1S/C29H27NO7/c1-16(2)35-22-14-9-17(15-23(22)34-4)24-25-26(20-7-5-6-8-21(20)36-29(25)32)37-27(24)28(31)30-18-10-12-19(33-3)13-11-18/h5-16,24,27H,1-4H3,(H,30,31)/t24-,27-/m1/s1. The van der Waals surface area contributed by atoms with Gasteiger partial charge in [0.2, 0.25) is 0 Å². The average Bonchev–Trinajstić information content (AvgIpc) is 3.31. The molecule has 2 atom stereocenters. The molecule has 0 saturated heterocycles. The number of hydrogen-bond donors (Lipinski definition) is 1. The van der Waals surface area contributed by atoms with Gasteiger partial charge in [-0.25, -0.2) is 4.79 Å². The number of para-hydroxylation sites is 1. The number of hydrogen-bond acceptors (Lipinski definition) is 7. The average molecular weight is 502 g/mol. The molecule has 8 nitrogen and oxygen atoms in total.